The van der Waals surface area contributed by atoms with Crippen molar-refractivity contribution in [2.24, 2.45) is 11.8 Å². The van der Waals surface area contributed by atoms with Crippen molar-refractivity contribution in [2.45, 2.75) is 57.1 Å². The number of likely N-dealkylation sites (tertiary alicyclic amines) is 1. The third-order valence-corrected chi connectivity index (χ3v) is 5.94. The summed E-state index contributed by atoms with van der Waals surface area (Å²) in [6.07, 6.45) is 6.86. The SMILES string of the molecule is CCNC1CCOCC1CN1CCC2(O)CCCCC2C1. The molecule has 2 heterocycles. The smallest absolute Gasteiger partial charge is 0.0700 e. The lowest BCUT2D eigenvalue weighted by Crippen LogP contribution is -2.56. The number of nitrogens with one attached hydrogen (secondary N) is 1. The summed E-state index contributed by atoms with van der Waals surface area (Å²) in [7, 11) is 0. The molecular formula is C17H32N2O2. The molecule has 3 rings (SSSR count). The molecule has 0 amide bonds. The summed E-state index contributed by atoms with van der Waals surface area (Å²) in [6, 6.07) is 0.607. The molecule has 0 bridgehead atoms. The number of ether oxygens (including phenoxy) is 1. The fraction of sp³-hybridized carbons (Fsp3) is 1.00. The van der Waals surface area contributed by atoms with Crippen molar-refractivity contribution in [3.05, 3.63) is 0 Å². The molecule has 4 heteroatoms. The Morgan fingerprint density at radius 3 is 3.05 bits per heavy atom. The average Bonchev–Trinajstić information content (AvgIpc) is 2.50. The lowest BCUT2D eigenvalue weighted by Gasteiger charge is -2.48. The Hall–Kier alpha value is -0.160. The van der Waals surface area contributed by atoms with Crippen LogP contribution >= 0.6 is 0 Å². The number of nitrogens with zero attached hydrogens (tertiary/aromatic N) is 1. The Morgan fingerprint density at radius 1 is 1.29 bits per heavy atom. The number of rotatable bonds is 4. The van der Waals surface area contributed by atoms with Crippen LogP contribution in [-0.4, -0.2) is 61.0 Å². The van der Waals surface area contributed by atoms with Crippen LogP contribution in [0.15, 0.2) is 0 Å². The van der Waals surface area contributed by atoms with E-state index >= 15 is 0 Å². The molecule has 2 saturated heterocycles. The summed E-state index contributed by atoms with van der Waals surface area (Å²) >= 11 is 0. The van der Waals surface area contributed by atoms with Gasteiger partial charge >= 0.3 is 0 Å². The van der Waals surface area contributed by atoms with Gasteiger partial charge in [0.25, 0.3) is 0 Å². The molecule has 1 aliphatic carbocycles. The molecule has 3 fully saturated rings. The van der Waals surface area contributed by atoms with E-state index in [1.807, 2.05) is 0 Å². The Bertz CT molecular complexity index is 337. The van der Waals surface area contributed by atoms with E-state index in [0.717, 1.165) is 58.7 Å². The summed E-state index contributed by atoms with van der Waals surface area (Å²) in [4.78, 5) is 2.59. The minimum atomic E-state index is -0.348. The molecule has 0 spiro atoms. The van der Waals surface area contributed by atoms with E-state index in [0.29, 0.717) is 17.9 Å². The lowest BCUT2D eigenvalue weighted by atomic mass is 9.71. The van der Waals surface area contributed by atoms with Crippen molar-refractivity contribution in [1.29, 1.82) is 0 Å². The van der Waals surface area contributed by atoms with Gasteiger partial charge in [0.2, 0.25) is 0 Å². The van der Waals surface area contributed by atoms with Crippen molar-refractivity contribution < 1.29 is 9.84 Å². The third-order valence-electron chi connectivity index (χ3n) is 5.94. The molecule has 21 heavy (non-hydrogen) atoms. The first-order chi connectivity index (χ1) is 10.2. The van der Waals surface area contributed by atoms with Gasteiger partial charge in [-0.15, -0.1) is 0 Å². The Morgan fingerprint density at radius 2 is 2.19 bits per heavy atom. The first-order valence-electron chi connectivity index (χ1n) is 8.97. The van der Waals surface area contributed by atoms with Crippen molar-refractivity contribution in [1.82, 2.24) is 10.2 Å². The zero-order valence-electron chi connectivity index (χ0n) is 13.5. The zero-order chi connectivity index (χ0) is 14.7. The zero-order valence-corrected chi connectivity index (χ0v) is 13.5. The molecule has 4 unspecified atom stereocenters. The second kappa shape index (κ2) is 6.95. The largest absolute Gasteiger partial charge is 0.390 e. The van der Waals surface area contributed by atoms with E-state index in [2.05, 4.69) is 17.1 Å². The lowest BCUT2D eigenvalue weighted by molar-refractivity contribution is -0.101. The second-order valence-electron chi connectivity index (χ2n) is 7.34. The molecular weight excluding hydrogens is 264 g/mol. The first-order valence-corrected chi connectivity index (χ1v) is 8.97. The maximum absolute atomic E-state index is 10.8. The monoisotopic (exact) mass is 296 g/mol. The van der Waals surface area contributed by atoms with Crippen LogP contribution < -0.4 is 5.32 Å². The molecule has 122 valence electrons. The van der Waals surface area contributed by atoms with Gasteiger partial charge < -0.3 is 20.1 Å². The fourth-order valence-electron chi connectivity index (χ4n) is 4.64. The van der Waals surface area contributed by atoms with E-state index in [1.165, 1.54) is 19.3 Å². The van der Waals surface area contributed by atoms with Gasteiger partial charge in [-0.3, -0.25) is 0 Å². The van der Waals surface area contributed by atoms with Gasteiger partial charge in [-0.2, -0.15) is 0 Å². The summed E-state index contributed by atoms with van der Waals surface area (Å²) < 4.78 is 5.71. The number of aliphatic hydroxyl groups is 1. The van der Waals surface area contributed by atoms with Crippen molar-refractivity contribution in [2.75, 3.05) is 39.4 Å². The molecule has 2 N–H and O–H groups in total. The topological polar surface area (TPSA) is 44.7 Å². The fourth-order valence-corrected chi connectivity index (χ4v) is 4.64. The maximum atomic E-state index is 10.8. The molecule has 0 aromatic rings. The van der Waals surface area contributed by atoms with Gasteiger partial charge in [-0.25, -0.2) is 0 Å². The van der Waals surface area contributed by atoms with E-state index in [-0.39, 0.29) is 5.60 Å². The van der Waals surface area contributed by atoms with Gasteiger partial charge in [-0.1, -0.05) is 19.8 Å². The molecule has 0 radical (unpaired) electrons. The van der Waals surface area contributed by atoms with Gasteiger partial charge in [0, 0.05) is 44.1 Å². The molecule has 0 aromatic heterocycles. The number of piperidine rings is 1. The van der Waals surface area contributed by atoms with Gasteiger partial charge in [0.1, 0.15) is 0 Å². The number of fused-ring (bicyclic) bond motifs is 1. The highest BCUT2D eigenvalue weighted by molar-refractivity contribution is 4.96. The summed E-state index contributed by atoms with van der Waals surface area (Å²) in [5, 5.41) is 14.4. The molecule has 3 aliphatic rings. The van der Waals surface area contributed by atoms with Crippen molar-refractivity contribution >= 4 is 0 Å². The Kier molecular flexibility index (Phi) is 5.20. The highest BCUT2D eigenvalue weighted by atomic mass is 16.5. The predicted octanol–water partition coefficient (Wildman–Crippen LogP) is 1.63. The molecule has 4 nitrogen and oxygen atoms in total. The summed E-state index contributed by atoms with van der Waals surface area (Å²) in [5.41, 5.74) is -0.348. The van der Waals surface area contributed by atoms with E-state index in [4.69, 9.17) is 4.74 Å². The van der Waals surface area contributed by atoms with Crippen LogP contribution in [0.2, 0.25) is 0 Å². The number of hydrogen-bond acceptors (Lipinski definition) is 4. The van der Waals surface area contributed by atoms with Gasteiger partial charge in [0.15, 0.2) is 0 Å². The normalized spacial score (nSPS) is 41.7. The van der Waals surface area contributed by atoms with Crippen LogP contribution in [0.5, 0.6) is 0 Å². The molecule has 0 aromatic carbocycles. The Labute approximate surface area is 129 Å². The van der Waals surface area contributed by atoms with E-state index in [9.17, 15) is 5.11 Å². The Balaban J connectivity index is 1.55. The molecule has 2 aliphatic heterocycles. The highest BCUT2D eigenvalue weighted by Gasteiger charge is 2.43. The minimum Gasteiger partial charge on any atom is -0.390 e. The van der Waals surface area contributed by atoms with Gasteiger partial charge in [0.05, 0.1) is 12.2 Å². The standard InChI is InChI=1S/C17H32N2O2/c1-2-18-16-6-10-21-13-14(16)11-19-9-8-17(20)7-4-3-5-15(17)12-19/h14-16,18,20H,2-13H2,1H3. The average molecular weight is 296 g/mol. The molecule has 1 saturated carbocycles. The van der Waals surface area contributed by atoms with Crippen molar-refractivity contribution in [3.8, 4) is 0 Å². The third kappa shape index (κ3) is 3.61. The maximum Gasteiger partial charge on any atom is 0.0700 e. The van der Waals surface area contributed by atoms with E-state index < -0.39 is 0 Å². The van der Waals surface area contributed by atoms with Crippen LogP contribution in [0.4, 0.5) is 0 Å². The number of hydrogen-bond donors (Lipinski definition) is 2. The quantitative estimate of drug-likeness (QED) is 0.828. The first kappa shape index (κ1) is 15.7. The van der Waals surface area contributed by atoms with Gasteiger partial charge in [-0.05, 0) is 32.2 Å². The predicted molar refractivity (Wildman–Crippen MR) is 84.4 cm³/mol. The van der Waals surface area contributed by atoms with Crippen LogP contribution in [0.3, 0.4) is 0 Å². The van der Waals surface area contributed by atoms with Crippen molar-refractivity contribution in [3.63, 3.8) is 0 Å². The van der Waals surface area contributed by atoms with Crippen LogP contribution in [-0.2, 0) is 4.74 Å². The highest BCUT2D eigenvalue weighted by Crippen LogP contribution is 2.40. The second-order valence-corrected chi connectivity index (χ2v) is 7.34. The minimum absolute atomic E-state index is 0.348. The van der Waals surface area contributed by atoms with Crippen LogP contribution in [0.25, 0.3) is 0 Å². The molecule has 4 atom stereocenters. The van der Waals surface area contributed by atoms with Crippen LogP contribution in [0, 0.1) is 11.8 Å². The van der Waals surface area contributed by atoms with Crippen LogP contribution in [0.1, 0.15) is 45.4 Å². The summed E-state index contributed by atoms with van der Waals surface area (Å²) in [5.74, 6) is 1.11. The summed E-state index contributed by atoms with van der Waals surface area (Å²) in [6.45, 7) is 8.30. The van der Waals surface area contributed by atoms with E-state index in [1.54, 1.807) is 0 Å².